The number of nitrogens with zero attached hydrogens (tertiary/aromatic N) is 3. The summed E-state index contributed by atoms with van der Waals surface area (Å²) in [6.45, 7) is 2.04. The van der Waals surface area contributed by atoms with Crippen molar-refractivity contribution in [1.29, 1.82) is 0 Å². The second kappa shape index (κ2) is 8.19. The first-order chi connectivity index (χ1) is 12.3. The van der Waals surface area contributed by atoms with E-state index in [-0.39, 0.29) is 11.7 Å². The second-order valence-electron chi connectivity index (χ2n) is 5.39. The van der Waals surface area contributed by atoms with Crippen LogP contribution in [0.5, 0.6) is 0 Å². The highest BCUT2D eigenvalue weighted by Gasteiger charge is 2.15. The number of hydrogen-bond donors (Lipinski definition) is 1. The van der Waals surface area contributed by atoms with Crippen LogP contribution in [0.1, 0.15) is 4.88 Å². The maximum absolute atomic E-state index is 12.2. The molecule has 0 fully saturated rings. The molecule has 0 bridgehead atoms. The van der Waals surface area contributed by atoms with Gasteiger partial charge in [-0.25, -0.2) is 0 Å². The second-order valence-corrected chi connectivity index (χ2v) is 8.67. The largest absolute Gasteiger partial charge is 0.324 e. The van der Waals surface area contributed by atoms with Gasteiger partial charge >= 0.3 is 0 Å². The molecular weight excluding hydrogens is 435 g/mol. The van der Waals surface area contributed by atoms with Gasteiger partial charge in [0.15, 0.2) is 11.0 Å². The molecule has 1 amide bonds. The molecule has 1 aromatic carbocycles. The van der Waals surface area contributed by atoms with Gasteiger partial charge in [-0.05, 0) is 25.1 Å². The molecule has 0 saturated carbocycles. The fourth-order valence-corrected chi connectivity index (χ4v) is 4.17. The van der Waals surface area contributed by atoms with E-state index in [1.165, 1.54) is 28.8 Å². The molecule has 26 heavy (non-hydrogen) atoms. The number of carbonyl (C=O) groups excluding carboxylic acids is 1. The molecule has 136 valence electrons. The fraction of sp³-hybridized carbons (Fsp3) is 0.188. The first-order valence-corrected chi connectivity index (χ1v) is 10.4. The number of aryl methyl sites for hydroxylation is 1. The minimum atomic E-state index is -0.230. The number of aromatic nitrogens is 3. The van der Waals surface area contributed by atoms with E-state index in [0.717, 1.165) is 11.4 Å². The lowest BCUT2D eigenvalue weighted by Gasteiger charge is -2.08. The van der Waals surface area contributed by atoms with Gasteiger partial charge in [0.2, 0.25) is 5.91 Å². The van der Waals surface area contributed by atoms with Crippen LogP contribution in [0.2, 0.25) is 15.1 Å². The van der Waals surface area contributed by atoms with Crippen molar-refractivity contribution in [2.45, 2.75) is 12.1 Å². The van der Waals surface area contributed by atoms with Gasteiger partial charge in [-0.3, -0.25) is 4.79 Å². The molecule has 0 radical (unpaired) electrons. The third-order valence-corrected chi connectivity index (χ3v) is 6.36. The van der Waals surface area contributed by atoms with Gasteiger partial charge in [-0.2, -0.15) is 0 Å². The van der Waals surface area contributed by atoms with E-state index in [4.69, 9.17) is 34.8 Å². The van der Waals surface area contributed by atoms with Gasteiger partial charge in [0.1, 0.15) is 0 Å². The van der Waals surface area contributed by atoms with Crippen molar-refractivity contribution in [1.82, 2.24) is 14.8 Å². The lowest BCUT2D eigenvalue weighted by atomic mass is 10.3. The number of halogens is 3. The monoisotopic (exact) mass is 446 g/mol. The van der Waals surface area contributed by atoms with Crippen molar-refractivity contribution < 1.29 is 4.79 Å². The Morgan fingerprint density at radius 1 is 1.19 bits per heavy atom. The lowest BCUT2D eigenvalue weighted by molar-refractivity contribution is -0.113. The highest BCUT2D eigenvalue weighted by atomic mass is 35.5. The van der Waals surface area contributed by atoms with Gasteiger partial charge < -0.3 is 9.88 Å². The van der Waals surface area contributed by atoms with Crippen LogP contribution in [0.3, 0.4) is 0 Å². The molecule has 0 spiro atoms. The molecule has 3 rings (SSSR count). The Kier molecular flexibility index (Phi) is 6.14. The number of thioether (sulfide) groups is 1. The minimum Gasteiger partial charge on any atom is -0.324 e. The van der Waals surface area contributed by atoms with E-state index < -0.39 is 0 Å². The first-order valence-electron chi connectivity index (χ1n) is 7.37. The molecule has 0 aliphatic rings. The number of hydrogen-bond acceptors (Lipinski definition) is 5. The summed E-state index contributed by atoms with van der Waals surface area (Å²) in [5.41, 5.74) is 1.43. The third-order valence-electron chi connectivity index (χ3n) is 3.44. The Bertz CT molecular complexity index is 971. The predicted molar refractivity (Wildman–Crippen MR) is 110 cm³/mol. The number of rotatable bonds is 5. The van der Waals surface area contributed by atoms with Crippen molar-refractivity contribution in [3.63, 3.8) is 0 Å². The van der Waals surface area contributed by atoms with Crippen molar-refractivity contribution >= 4 is 69.5 Å². The normalized spacial score (nSPS) is 11.0. The molecule has 0 unspecified atom stereocenters. The standard InChI is InChI=1S/C16H13Cl3N4OS2/c1-8-3-9(6-25-8)15-21-22-16(23(15)2)26-7-14(24)20-13-5-11(18)10(17)4-12(13)19/h3-6H,7H2,1-2H3,(H,20,24). The zero-order valence-corrected chi connectivity index (χ0v) is 17.6. The molecule has 2 aromatic heterocycles. The Labute approximate surface area is 173 Å². The van der Waals surface area contributed by atoms with Gasteiger partial charge in [-0.15, -0.1) is 21.5 Å². The van der Waals surface area contributed by atoms with Crippen molar-refractivity contribution in [2.75, 3.05) is 11.1 Å². The highest BCUT2D eigenvalue weighted by Crippen LogP contribution is 2.32. The van der Waals surface area contributed by atoms with Gasteiger partial charge in [0.25, 0.3) is 0 Å². The summed E-state index contributed by atoms with van der Waals surface area (Å²) < 4.78 is 1.87. The van der Waals surface area contributed by atoms with Crippen LogP contribution in [0.4, 0.5) is 5.69 Å². The Hall–Kier alpha value is -1.25. The van der Waals surface area contributed by atoms with Gasteiger partial charge in [0.05, 0.1) is 26.5 Å². The predicted octanol–water partition coefficient (Wildman–Crippen LogP) is 5.54. The van der Waals surface area contributed by atoms with Crippen molar-refractivity contribution in [3.05, 3.63) is 43.5 Å². The zero-order chi connectivity index (χ0) is 18.8. The van der Waals surface area contributed by atoms with Gasteiger partial charge in [0, 0.05) is 22.9 Å². The first kappa shape index (κ1) is 19.5. The molecule has 10 heteroatoms. The number of thiophene rings is 1. The molecule has 0 aliphatic heterocycles. The molecule has 1 N–H and O–H groups in total. The summed E-state index contributed by atoms with van der Waals surface area (Å²) in [7, 11) is 1.87. The van der Waals surface area contributed by atoms with Crippen molar-refractivity contribution in [3.8, 4) is 11.4 Å². The van der Waals surface area contributed by atoms with E-state index in [1.54, 1.807) is 11.3 Å². The zero-order valence-electron chi connectivity index (χ0n) is 13.7. The third kappa shape index (κ3) is 4.35. The molecule has 0 saturated heterocycles. The van der Waals surface area contributed by atoms with E-state index in [9.17, 15) is 4.79 Å². The molecular formula is C16H13Cl3N4OS2. The summed E-state index contributed by atoms with van der Waals surface area (Å²) in [5, 5.41) is 14.8. The van der Waals surface area contributed by atoms with Gasteiger partial charge in [-0.1, -0.05) is 46.6 Å². The van der Waals surface area contributed by atoms with Crippen LogP contribution < -0.4 is 5.32 Å². The molecule has 0 atom stereocenters. The van der Waals surface area contributed by atoms with E-state index in [2.05, 4.69) is 21.6 Å². The van der Waals surface area contributed by atoms with Crippen LogP contribution in [0.15, 0.2) is 28.7 Å². The number of anilines is 1. The quantitative estimate of drug-likeness (QED) is 0.412. The van der Waals surface area contributed by atoms with Crippen LogP contribution in [0, 0.1) is 6.92 Å². The summed E-state index contributed by atoms with van der Waals surface area (Å²) in [6.07, 6.45) is 0. The summed E-state index contributed by atoms with van der Waals surface area (Å²) in [6, 6.07) is 5.07. The number of benzene rings is 1. The summed E-state index contributed by atoms with van der Waals surface area (Å²) in [4.78, 5) is 13.4. The van der Waals surface area contributed by atoms with Crippen LogP contribution in [-0.4, -0.2) is 26.4 Å². The van der Waals surface area contributed by atoms with Crippen LogP contribution in [-0.2, 0) is 11.8 Å². The van der Waals surface area contributed by atoms with Crippen LogP contribution >= 0.6 is 57.9 Å². The Morgan fingerprint density at radius 3 is 2.62 bits per heavy atom. The minimum absolute atomic E-state index is 0.158. The average molecular weight is 448 g/mol. The maximum Gasteiger partial charge on any atom is 0.234 e. The molecule has 3 aromatic rings. The summed E-state index contributed by atoms with van der Waals surface area (Å²) in [5.74, 6) is 0.696. The Balaban J connectivity index is 1.65. The van der Waals surface area contributed by atoms with E-state index in [1.807, 2.05) is 23.9 Å². The molecule has 5 nitrogen and oxygen atoms in total. The van der Waals surface area contributed by atoms with Crippen molar-refractivity contribution in [2.24, 2.45) is 7.05 Å². The number of carbonyl (C=O) groups is 1. The fourth-order valence-electron chi connectivity index (χ4n) is 2.19. The van der Waals surface area contributed by atoms with Crippen LogP contribution in [0.25, 0.3) is 11.4 Å². The molecule has 2 heterocycles. The van der Waals surface area contributed by atoms with E-state index >= 15 is 0 Å². The molecule has 0 aliphatic carbocycles. The number of amides is 1. The Morgan fingerprint density at radius 2 is 1.92 bits per heavy atom. The van der Waals surface area contributed by atoms with E-state index in [0.29, 0.717) is 25.9 Å². The average Bonchev–Trinajstić information content (AvgIpc) is 3.16. The smallest absolute Gasteiger partial charge is 0.234 e. The maximum atomic E-state index is 12.2. The summed E-state index contributed by atoms with van der Waals surface area (Å²) >= 11 is 20.9. The SMILES string of the molecule is Cc1cc(-c2nnc(SCC(=O)Nc3cc(Cl)c(Cl)cc3Cl)n2C)cs1. The number of nitrogens with one attached hydrogen (secondary N) is 1. The highest BCUT2D eigenvalue weighted by molar-refractivity contribution is 7.99. The lowest BCUT2D eigenvalue weighted by Crippen LogP contribution is -2.14. The topological polar surface area (TPSA) is 59.8 Å².